The molecule has 2 aromatic rings. The molecular weight excluding hydrogens is 392 g/mol. The highest BCUT2D eigenvalue weighted by atomic mass is 35.5. The second kappa shape index (κ2) is 8.33. The molecule has 0 saturated carbocycles. The zero-order valence-corrected chi connectivity index (χ0v) is 17.1. The van der Waals surface area contributed by atoms with Gasteiger partial charge in [-0.25, -0.2) is 4.79 Å². The molecule has 152 valence electrons. The van der Waals surface area contributed by atoms with Gasteiger partial charge in [0.1, 0.15) is 6.61 Å². The highest BCUT2D eigenvalue weighted by Gasteiger charge is 2.28. The summed E-state index contributed by atoms with van der Waals surface area (Å²) >= 11 is 6.62. The Kier molecular flexibility index (Phi) is 5.62. The van der Waals surface area contributed by atoms with Crippen LogP contribution in [0.15, 0.2) is 36.4 Å². The highest BCUT2D eigenvalue weighted by molar-refractivity contribution is 6.35. The van der Waals surface area contributed by atoms with Crippen LogP contribution in [0.5, 0.6) is 5.75 Å². The average Bonchev–Trinajstić information content (AvgIpc) is 2.79. The number of halogens is 1. The van der Waals surface area contributed by atoms with Crippen LogP contribution in [0.25, 0.3) is 0 Å². The van der Waals surface area contributed by atoms with Crippen molar-refractivity contribution in [3.63, 3.8) is 0 Å². The molecule has 1 amide bonds. The molecule has 2 aliphatic heterocycles. The summed E-state index contributed by atoms with van der Waals surface area (Å²) in [5.74, 6) is 0.112. The van der Waals surface area contributed by atoms with E-state index in [1.807, 2.05) is 23.1 Å². The smallest absolute Gasteiger partial charge is 0.337 e. The van der Waals surface area contributed by atoms with Gasteiger partial charge in [-0.05, 0) is 55.7 Å². The number of likely N-dealkylation sites (tertiary alicyclic amines) is 1. The van der Waals surface area contributed by atoms with E-state index in [1.54, 1.807) is 18.2 Å². The Morgan fingerprint density at radius 2 is 1.72 bits per heavy atom. The summed E-state index contributed by atoms with van der Waals surface area (Å²) in [5.41, 5.74) is 2.69. The minimum Gasteiger partial charge on any atom is -0.488 e. The molecule has 0 bridgehead atoms. The molecule has 0 aromatic heterocycles. The Labute approximate surface area is 174 Å². The van der Waals surface area contributed by atoms with E-state index in [4.69, 9.17) is 21.1 Å². The predicted octanol–water partition coefficient (Wildman–Crippen LogP) is 4.28. The van der Waals surface area contributed by atoms with Crippen molar-refractivity contribution in [3.8, 4) is 5.75 Å². The van der Waals surface area contributed by atoms with Crippen LogP contribution >= 0.6 is 11.6 Å². The van der Waals surface area contributed by atoms with E-state index in [0.29, 0.717) is 35.1 Å². The first-order chi connectivity index (χ1) is 14.1. The average molecular weight is 415 g/mol. The van der Waals surface area contributed by atoms with Crippen molar-refractivity contribution < 1.29 is 19.1 Å². The number of fused-ring (bicyclic) bond motifs is 1. The number of benzene rings is 2. The molecule has 0 aliphatic carbocycles. The van der Waals surface area contributed by atoms with Crippen molar-refractivity contribution in [1.29, 1.82) is 0 Å². The number of esters is 1. The lowest BCUT2D eigenvalue weighted by atomic mass is 10.1. The van der Waals surface area contributed by atoms with E-state index >= 15 is 0 Å². The molecule has 2 heterocycles. The quantitative estimate of drug-likeness (QED) is 0.701. The largest absolute Gasteiger partial charge is 0.488 e. The van der Waals surface area contributed by atoms with Gasteiger partial charge in [-0.15, -0.1) is 0 Å². The van der Waals surface area contributed by atoms with Crippen LogP contribution in [0.2, 0.25) is 5.02 Å². The molecule has 0 radical (unpaired) electrons. The van der Waals surface area contributed by atoms with Crippen LogP contribution in [0.3, 0.4) is 0 Å². The van der Waals surface area contributed by atoms with Crippen LogP contribution in [0.4, 0.5) is 11.4 Å². The third-order valence-corrected chi connectivity index (χ3v) is 5.78. The molecular formula is C22H23ClN2O4. The number of hydrogen-bond donors (Lipinski definition) is 0. The van der Waals surface area contributed by atoms with Gasteiger partial charge in [0, 0.05) is 18.8 Å². The van der Waals surface area contributed by atoms with Crippen LogP contribution in [-0.2, 0) is 4.74 Å². The third kappa shape index (κ3) is 3.77. The van der Waals surface area contributed by atoms with E-state index in [1.165, 1.54) is 7.11 Å². The summed E-state index contributed by atoms with van der Waals surface area (Å²) in [4.78, 5) is 28.5. The molecule has 0 unspecified atom stereocenters. The minimum atomic E-state index is -0.372. The molecule has 6 nitrogen and oxygen atoms in total. The molecule has 1 saturated heterocycles. The summed E-state index contributed by atoms with van der Waals surface area (Å²) in [6.45, 7) is 2.63. The Hall–Kier alpha value is -2.73. The maximum atomic E-state index is 12.9. The predicted molar refractivity (Wildman–Crippen MR) is 111 cm³/mol. The maximum Gasteiger partial charge on any atom is 0.337 e. The van der Waals surface area contributed by atoms with Gasteiger partial charge in [0.05, 0.1) is 35.5 Å². The van der Waals surface area contributed by atoms with Crippen molar-refractivity contribution in [1.82, 2.24) is 4.90 Å². The Morgan fingerprint density at radius 3 is 2.41 bits per heavy atom. The zero-order valence-electron chi connectivity index (χ0n) is 16.3. The van der Waals surface area contributed by atoms with E-state index in [-0.39, 0.29) is 11.9 Å². The van der Waals surface area contributed by atoms with Crippen molar-refractivity contribution >= 4 is 34.9 Å². The fourth-order valence-electron chi connectivity index (χ4n) is 3.85. The first-order valence-corrected chi connectivity index (χ1v) is 10.2. The van der Waals surface area contributed by atoms with Crippen LogP contribution in [-0.4, -0.2) is 50.1 Å². The van der Waals surface area contributed by atoms with Gasteiger partial charge in [0.25, 0.3) is 5.91 Å². The third-order valence-electron chi connectivity index (χ3n) is 5.40. The molecule has 1 fully saturated rings. The molecule has 2 aliphatic rings. The summed E-state index contributed by atoms with van der Waals surface area (Å²) in [5, 5.41) is 0.356. The number of ether oxygens (including phenoxy) is 2. The summed E-state index contributed by atoms with van der Waals surface area (Å²) < 4.78 is 10.6. The van der Waals surface area contributed by atoms with Crippen molar-refractivity contribution in [3.05, 3.63) is 52.5 Å². The Morgan fingerprint density at radius 1 is 1.00 bits per heavy atom. The van der Waals surface area contributed by atoms with Gasteiger partial charge < -0.3 is 19.3 Å². The number of rotatable bonds is 3. The lowest BCUT2D eigenvalue weighted by molar-refractivity contribution is 0.0600. The summed E-state index contributed by atoms with van der Waals surface area (Å²) in [7, 11) is 1.36. The first-order valence-electron chi connectivity index (χ1n) is 9.80. The Bertz CT molecular complexity index is 923. The van der Waals surface area contributed by atoms with Crippen LogP contribution < -0.4 is 9.64 Å². The van der Waals surface area contributed by atoms with Gasteiger partial charge in [-0.1, -0.05) is 11.6 Å². The molecule has 29 heavy (non-hydrogen) atoms. The van der Waals surface area contributed by atoms with Crippen LogP contribution in [0.1, 0.15) is 40.0 Å². The number of hydrogen-bond acceptors (Lipinski definition) is 5. The second-order valence-electron chi connectivity index (χ2n) is 7.17. The normalized spacial score (nSPS) is 16.1. The van der Waals surface area contributed by atoms with E-state index in [2.05, 4.69) is 4.90 Å². The van der Waals surface area contributed by atoms with E-state index in [9.17, 15) is 9.59 Å². The maximum absolute atomic E-state index is 12.9. The number of anilines is 2. The molecule has 0 spiro atoms. The van der Waals surface area contributed by atoms with Gasteiger partial charge in [0.2, 0.25) is 0 Å². The number of nitrogens with zero attached hydrogens (tertiary/aromatic N) is 2. The fraction of sp³-hybridized carbons (Fsp3) is 0.364. The molecule has 4 rings (SSSR count). The topological polar surface area (TPSA) is 59.1 Å². The van der Waals surface area contributed by atoms with Crippen molar-refractivity contribution in [2.45, 2.75) is 19.3 Å². The first kappa shape index (κ1) is 19.6. The van der Waals surface area contributed by atoms with Gasteiger partial charge in [0.15, 0.2) is 5.75 Å². The molecule has 2 aromatic carbocycles. The van der Waals surface area contributed by atoms with Crippen molar-refractivity contribution in [2.75, 3.05) is 38.3 Å². The molecule has 0 N–H and O–H groups in total. The standard InChI is InChI=1S/C22H23ClN2O4/c1-28-22(27)15-5-7-16(8-6-15)25-13-14-29-20-18(25)10-9-17(19(20)23)21(26)24-11-3-2-4-12-24/h5-10H,2-4,11-14H2,1H3. The second-order valence-corrected chi connectivity index (χ2v) is 7.54. The van der Waals surface area contributed by atoms with Gasteiger partial charge >= 0.3 is 5.97 Å². The summed E-state index contributed by atoms with van der Waals surface area (Å²) in [6, 6.07) is 10.8. The molecule has 7 heteroatoms. The molecule has 0 atom stereocenters. The van der Waals surface area contributed by atoms with E-state index in [0.717, 1.165) is 43.7 Å². The summed E-state index contributed by atoms with van der Waals surface area (Å²) in [6.07, 6.45) is 3.22. The lowest BCUT2D eigenvalue weighted by Gasteiger charge is -2.33. The van der Waals surface area contributed by atoms with Gasteiger partial charge in [-0.3, -0.25) is 4.79 Å². The monoisotopic (exact) mass is 414 g/mol. The number of carbonyl (C=O) groups excluding carboxylic acids is 2. The SMILES string of the molecule is COC(=O)c1ccc(N2CCOc3c2ccc(C(=O)N2CCCCC2)c3Cl)cc1. The highest BCUT2D eigenvalue weighted by Crippen LogP contribution is 2.43. The number of methoxy groups -OCH3 is 1. The number of carbonyl (C=O) groups is 2. The zero-order chi connectivity index (χ0) is 20.4. The number of piperidine rings is 1. The minimum absolute atomic E-state index is 0.0411. The fourth-order valence-corrected chi connectivity index (χ4v) is 4.15. The van der Waals surface area contributed by atoms with Crippen LogP contribution in [0, 0.1) is 0 Å². The Balaban J connectivity index is 1.63. The van der Waals surface area contributed by atoms with Gasteiger partial charge in [-0.2, -0.15) is 0 Å². The van der Waals surface area contributed by atoms with Crippen molar-refractivity contribution in [2.24, 2.45) is 0 Å². The number of amides is 1. The lowest BCUT2D eigenvalue weighted by Crippen LogP contribution is -2.36. The van der Waals surface area contributed by atoms with E-state index < -0.39 is 0 Å².